The number of nitrogens with zero attached hydrogens (tertiary/aromatic N) is 3. The van der Waals surface area contributed by atoms with Crippen LogP contribution in [-0.2, 0) is 10.0 Å². The van der Waals surface area contributed by atoms with Crippen molar-refractivity contribution in [3.05, 3.63) is 12.4 Å². The van der Waals surface area contributed by atoms with Crippen LogP contribution in [0, 0.1) is 0 Å². The van der Waals surface area contributed by atoms with Gasteiger partial charge in [-0.25, -0.2) is 8.42 Å². The van der Waals surface area contributed by atoms with E-state index in [0.717, 1.165) is 0 Å². The summed E-state index contributed by atoms with van der Waals surface area (Å²) in [6, 6.07) is 0. The fraction of sp³-hybridized carbons (Fsp3) is 0.600. The molecule has 0 N–H and O–H groups in total. The summed E-state index contributed by atoms with van der Waals surface area (Å²) in [5.74, 6) is 0.708. The molecule has 0 unspecified atom stereocenters. The average molecular weight is 273 g/mol. The first-order valence-corrected chi connectivity index (χ1v) is 7.31. The van der Waals surface area contributed by atoms with Crippen molar-refractivity contribution in [2.45, 2.75) is 12.5 Å². The van der Waals surface area contributed by atoms with Gasteiger partial charge < -0.3 is 9.47 Å². The lowest BCUT2D eigenvalue weighted by Gasteiger charge is -2.14. The summed E-state index contributed by atoms with van der Waals surface area (Å²) in [5.41, 5.74) is 0. The van der Waals surface area contributed by atoms with Crippen LogP contribution in [0.3, 0.4) is 0 Å². The Labute approximate surface area is 106 Å². The molecule has 0 aromatic carbocycles. The molecule has 0 radical (unpaired) electrons. The second kappa shape index (κ2) is 5.07. The monoisotopic (exact) mass is 273 g/mol. The van der Waals surface area contributed by atoms with Crippen LogP contribution < -0.4 is 9.47 Å². The number of rotatable bonds is 4. The van der Waals surface area contributed by atoms with Crippen LogP contribution in [0.25, 0.3) is 0 Å². The van der Waals surface area contributed by atoms with Crippen molar-refractivity contribution in [1.82, 2.24) is 14.3 Å². The Morgan fingerprint density at radius 3 is 2.72 bits per heavy atom. The van der Waals surface area contributed by atoms with Gasteiger partial charge in [-0.2, -0.15) is 9.29 Å². The first-order valence-electron chi connectivity index (χ1n) is 5.47. The first-order chi connectivity index (χ1) is 8.49. The minimum absolute atomic E-state index is 0.193. The van der Waals surface area contributed by atoms with Crippen LogP contribution in [0.2, 0.25) is 0 Å². The smallest absolute Gasteiger partial charge is 0.235 e. The van der Waals surface area contributed by atoms with Crippen LogP contribution >= 0.6 is 0 Å². The van der Waals surface area contributed by atoms with E-state index in [1.54, 1.807) is 0 Å². The zero-order chi connectivity index (χ0) is 13.2. The molecule has 18 heavy (non-hydrogen) atoms. The fourth-order valence-electron chi connectivity index (χ4n) is 1.75. The molecule has 1 atom stereocenters. The number of methoxy groups -OCH3 is 1. The van der Waals surface area contributed by atoms with E-state index in [0.29, 0.717) is 31.3 Å². The van der Waals surface area contributed by atoms with Crippen molar-refractivity contribution in [3.8, 4) is 11.8 Å². The molecule has 1 aromatic rings. The third-order valence-electron chi connectivity index (χ3n) is 2.66. The van der Waals surface area contributed by atoms with Gasteiger partial charge in [0.05, 0.1) is 32.3 Å². The highest BCUT2D eigenvalue weighted by molar-refractivity contribution is 7.88. The lowest BCUT2D eigenvalue weighted by molar-refractivity contribution is 0.203. The molecule has 0 saturated carbocycles. The predicted molar refractivity (Wildman–Crippen MR) is 64.0 cm³/mol. The largest absolute Gasteiger partial charge is 0.480 e. The summed E-state index contributed by atoms with van der Waals surface area (Å²) in [6.45, 7) is 0.818. The van der Waals surface area contributed by atoms with Crippen molar-refractivity contribution in [3.63, 3.8) is 0 Å². The standard InChI is InChI=1S/C10H15N3O4S/c1-16-9-5-11-6-10(12-9)17-8-3-4-13(7-8)18(2,14)15/h5-6,8H,3-4,7H2,1-2H3/t8-/m1/s1. The highest BCUT2D eigenvalue weighted by Gasteiger charge is 2.30. The van der Waals surface area contributed by atoms with Gasteiger partial charge in [-0.05, 0) is 6.42 Å². The molecule has 7 nitrogen and oxygen atoms in total. The summed E-state index contributed by atoms with van der Waals surface area (Å²) in [4.78, 5) is 7.99. The molecule has 1 saturated heterocycles. The number of aromatic nitrogens is 2. The fourth-order valence-corrected chi connectivity index (χ4v) is 2.63. The topological polar surface area (TPSA) is 81.6 Å². The molecule has 2 rings (SSSR count). The zero-order valence-corrected chi connectivity index (χ0v) is 11.1. The average Bonchev–Trinajstić information content (AvgIpc) is 2.77. The van der Waals surface area contributed by atoms with Crippen LogP contribution in [-0.4, -0.2) is 55.3 Å². The second-order valence-corrected chi connectivity index (χ2v) is 6.03. The van der Waals surface area contributed by atoms with Gasteiger partial charge in [-0.3, -0.25) is 4.98 Å². The third-order valence-corrected chi connectivity index (χ3v) is 3.93. The Balaban J connectivity index is 1.99. The lowest BCUT2D eigenvalue weighted by Crippen LogP contribution is -2.30. The number of sulfonamides is 1. The van der Waals surface area contributed by atoms with Crippen LogP contribution in [0.5, 0.6) is 11.8 Å². The summed E-state index contributed by atoms with van der Waals surface area (Å²) >= 11 is 0. The second-order valence-electron chi connectivity index (χ2n) is 4.05. The van der Waals surface area contributed by atoms with E-state index < -0.39 is 10.0 Å². The maximum atomic E-state index is 11.4. The molecule has 1 fully saturated rings. The van der Waals surface area contributed by atoms with E-state index in [-0.39, 0.29) is 6.10 Å². The zero-order valence-electron chi connectivity index (χ0n) is 10.2. The molecule has 0 bridgehead atoms. The molecular weight excluding hydrogens is 258 g/mol. The summed E-state index contributed by atoms with van der Waals surface area (Å²) in [5, 5.41) is 0. The maximum absolute atomic E-state index is 11.4. The van der Waals surface area contributed by atoms with E-state index in [1.165, 1.54) is 30.1 Å². The Morgan fingerprint density at radius 1 is 1.39 bits per heavy atom. The molecule has 0 spiro atoms. The normalized spacial score (nSPS) is 20.9. The van der Waals surface area contributed by atoms with E-state index in [9.17, 15) is 8.42 Å². The molecule has 1 aliphatic rings. The van der Waals surface area contributed by atoms with Gasteiger partial charge in [0.15, 0.2) is 0 Å². The molecule has 0 amide bonds. The molecular formula is C10H15N3O4S. The first kappa shape index (κ1) is 13.0. The molecule has 2 heterocycles. The number of ether oxygens (including phenoxy) is 2. The van der Waals surface area contributed by atoms with Gasteiger partial charge in [-0.1, -0.05) is 0 Å². The predicted octanol–water partition coefficient (Wildman–Crippen LogP) is -0.102. The van der Waals surface area contributed by atoms with Crippen molar-refractivity contribution >= 4 is 10.0 Å². The van der Waals surface area contributed by atoms with Crippen molar-refractivity contribution in [2.75, 3.05) is 26.5 Å². The van der Waals surface area contributed by atoms with E-state index >= 15 is 0 Å². The number of hydrogen-bond acceptors (Lipinski definition) is 6. The SMILES string of the molecule is COc1cncc(O[C@@H]2CCN(S(C)(=O)=O)C2)n1. The molecule has 1 aromatic heterocycles. The van der Waals surface area contributed by atoms with Crippen LogP contribution in [0.4, 0.5) is 0 Å². The highest BCUT2D eigenvalue weighted by Crippen LogP contribution is 2.19. The Morgan fingerprint density at radius 2 is 2.11 bits per heavy atom. The summed E-state index contributed by atoms with van der Waals surface area (Å²) in [7, 11) is -1.65. The van der Waals surface area contributed by atoms with Gasteiger partial charge in [-0.15, -0.1) is 0 Å². The van der Waals surface area contributed by atoms with E-state index in [1.807, 2.05) is 0 Å². The van der Waals surface area contributed by atoms with Crippen LogP contribution in [0.1, 0.15) is 6.42 Å². The maximum Gasteiger partial charge on any atom is 0.235 e. The van der Waals surface area contributed by atoms with Crippen molar-refractivity contribution in [2.24, 2.45) is 0 Å². The molecule has 0 aliphatic carbocycles. The molecule has 1 aliphatic heterocycles. The van der Waals surface area contributed by atoms with Gasteiger partial charge in [0.25, 0.3) is 0 Å². The van der Waals surface area contributed by atoms with E-state index in [2.05, 4.69) is 9.97 Å². The van der Waals surface area contributed by atoms with Gasteiger partial charge in [0, 0.05) is 6.54 Å². The molecule has 8 heteroatoms. The van der Waals surface area contributed by atoms with Crippen molar-refractivity contribution in [1.29, 1.82) is 0 Å². The Hall–Kier alpha value is -1.41. The summed E-state index contributed by atoms with van der Waals surface area (Å²) in [6.07, 6.45) is 4.60. The highest BCUT2D eigenvalue weighted by atomic mass is 32.2. The van der Waals surface area contributed by atoms with Gasteiger partial charge >= 0.3 is 0 Å². The third kappa shape index (κ3) is 3.08. The Bertz CT molecular complexity index is 520. The Kier molecular flexibility index (Phi) is 3.67. The van der Waals surface area contributed by atoms with Crippen LogP contribution in [0.15, 0.2) is 12.4 Å². The lowest BCUT2D eigenvalue weighted by atomic mass is 10.3. The van der Waals surface area contributed by atoms with Gasteiger partial charge in [0.1, 0.15) is 6.10 Å². The van der Waals surface area contributed by atoms with Crippen molar-refractivity contribution < 1.29 is 17.9 Å². The van der Waals surface area contributed by atoms with E-state index in [4.69, 9.17) is 9.47 Å². The van der Waals surface area contributed by atoms with Gasteiger partial charge in [0.2, 0.25) is 21.8 Å². The number of hydrogen-bond donors (Lipinski definition) is 0. The molecule has 100 valence electrons. The summed E-state index contributed by atoms with van der Waals surface area (Å²) < 4.78 is 34.6. The minimum Gasteiger partial charge on any atom is -0.480 e. The quantitative estimate of drug-likeness (QED) is 0.762. The minimum atomic E-state index is -3.15.